The molecule has 4 unspecified atom stereocenters. The molecular formula is C14H25NO11. The molecule has 26 heavy (non-hydrogen) atoms. The minimum Gasteiger partial charge on any atom is -0.394 e. The Morgan fingerprint density at radius 2 is 1.54 bits per heavy atom. The molecule has 0 spiro atoms. The van der Waals surface area contributed by atoms with Crippen LogP contribution in [0.5, 0.6) is 0 Å². The molecule has 2 saturated heterocycles. The SMILES string of the molecule is CC(=O)NC1[C@H](O)OC(CO)[C@H](O[C@H]2O[C@H](CO)[C@@H](O)C(O)C2O)[C@@H]1O. The lowest BCUT2D eigenvalue weighted by atomic mass is 9.95. The van der Waals surface area contributed by atoms with Crippen LogP contribution in [0.15, 0.2) is 0 Å². The first-order chi connectivity index (χ1) is 12.2. The van der Waals surface area contributed by atoms with Crippen molar-refractivity contribution in [1.29, 1.82) is 0 Å². The van der Waals surface area contributed by atoms with E-state index in [4.69, 9.17) is 14.2 Å². The summed E-state index contributed by atoms with van der Waals surface area (Å²) in [6.07, 6.45) is -13.6. The van der Waals surface area contributed by atoms with E-state index in [1.807, 2.05) is 0 Å². The minimum absolute atomic E-state index is 0.564. The number of ether oxygens (including phenoxy) is 3. The van der Waals surface area contributed by atoms with Crippen molar-refractivity contribution in [2.75, 3.05) is 13.2 Å². The molecule has 12 heteroatoms. The molecule has 2 aliphatic heterocycles. The molecule has 10 atom stereocenters. The van der Waals surface area contributed by atoms with Gasteiger partial charge in [0.15, 0.2) is 12.6 Å². The Morgan fingerprint density at radius 1 is 0.923 bits per heavy atom. The number of aliphatic hydroxyl groups excluding tert-OH is 7. The van der Waals surface area contributed by atoms with Crippen LogP contribution in [0, 0.1) is 0 Å². The minimum atomic E-state index is -1.73. The predicted octanol–water partition coefficient (Wildman–Crippen LogP) is -5.25. The third-order valence-corrected chi connectivity index (χ3v) is 4.38. The van der Waals surface area contributed by atoms with Gasteiger partial charge in [-0.2, -0.15) is 0 Å². The fourth-order valence-electron chi connectivity index (χ4n) is 2.98. The van der Waals surface area contributed by atoms with Crippen LogP contribution in [0.25, 0.3) is 0 Å². The van der Waals surface area contributed by atoms with Crippen LogP contribution in [-0.2, 0) is 19.0 Å². The van der Waals surface area contributed by atoms with E-state index in [-0.39, 0.29) is 0 Å². The molecular weight excluding hydrogens is 358 g/mol. The highest BCUT2D eigenvalue weighted by Gasteiger charge is 2.50. The molecule has 1 amide bonds. The van der Waals surface area contributed by atoms with E-state index in [9.17, 15) is 40.5 Å². The number of hydrogen-bond acceptors (Lipinski definition) is 11. The zero-order valence-corrected chi connectivity index (χ0v) is 14.0. The summed E-state index contributed by atoms with van der Waals surface area (Å²) in [5.41, 5.74) is 0. The lowest BCUT2D eigenvalue weighted by Crippen LogP contribution is -2.67. The van der Waals surface area contributed by atoms with E-state index in [0.717, 1.165) is 6.92 Å². The topological polar surface area (TPSA) is 198 Å². The van der Waals surface area contributed by atoms with Crippen molar-refractivity contribution in [3.63, 3.8) is 0 Å². The second kappa shape index (κ2) is 8.84. The van der Waals surface area contributed by atoms with Gasteiger partial charge in [0, 0.05) is 6.92 Å². The van der Waals surface area contributed by atoms with Gasteiger partial charge in [-0.15, -0.1) is 0 Å². The molecule has 2 fully saturated rings. The van der Waals surface area contributed by atoms with Crippen molar-refractivity contribution >= 4 is 5.91 Å². The number of carbonyl (C=O) groups is 1. The number of carbonyl (C=O) groups excluding carboxylic acids is 1. The van der Waals surface area contributed by atoms with Crippen molar-refractivity contribution in [2.24, 2.45) is 0 Å². The highest BCUT2D eigenvalue weighted by molar-refractivity contribution is 5.73. The third kappa shape index (κ3) is 4.31. The summed E-state index contributed by atoms with van der Waals surface area (Å²) in [7, 11) is 0. The van der Waals surface area contributed by atoms with Crippen LogP contribution >= 0.6 is 0 Å². The van der Waals surface area contributed by atoms with Gasteiger partial charge in [0.2, 0.25) is 5.91 Å². The van der Waals surface area contributed by atoms with Gasteiger partial charge in [0.25, 0.3) is 0 Å². The van der Waals surface area contributed by atoms with E-state index >= 15 is 0 Å². The quantitative estimate of drug-likeness (QED) is 0.226. The maximum atomic E-state index is 11.2. The molecule has 8 N–H and O–H groups in total. The standard InChI is InChI=1S/C14H25NO11/c1-4(18)15-7-9(20)12(6(3-17)24-13(7)23)26-14-11(22)10(21)8(19)5(2-16)25-14/h5-14,16-17,19-23H,2-3H2,1H3,(H,15,18)/t5-,6?,7?,8-,9-,10?,11?,12+,13-,14-/m1/s1. The van der Waals surface area contributed by atoms with Crippen LogP contribution in [-0.4, -0.2) is 116 Å². The smallest absolute Gasteiger partial charge is 0.217 e. The number of nitrogens with one attached hydrogen (secondary N) is 1. The maximum Gasteiger partial charge on any atom is 0.217 e. The Labute approximate surface area is 148 Å². The zero-order valence-electron chi connectivity index (χ0n) is 14.0. The molecule has 0 aromatic rings. The van der Waals surface area contributed by atoms with Gasteiger partial charge < -0.3 is 55.3 Å². The molecule has 12 nitrogen and oxygen atoms in total. The summed E-state index contributed by atoms with van der Waals surface area (Å²) in [5.74, 6) is -0.564. The summed E-state index contributed by atoms with van der Waals surface area (Å²) in [5, 5.41) is 70.7. The molecule has 0 aliphatic carbocycles. The second-order valence-corrected chi connectivity index (χ2v) is 6.26. The molecule has 152 valence electrons. The van der Waals surface area contributed by atoms with E-state index in [2.05, 4.69) is 5.32 Å². The average Bonchev–Trinajstić information content (AvgIpc) is 2.60. The van der Waals surface area contributed by atoms with Crippen molar-refractivity contribution < 1.29 is 54.8 Å². The van der Waals surface area contributed by atoms with Crippen molar-refractivity contribution in [3.05, 3.63) is 0 Å². The van der Waals surface area contributed by atoms with Crippen molar-refractivity contribution in [1.82, 2.24) is 5.32 Å². The molecule has 0 aromatic carbocycles. The summed E-state index contributed by atoms with van der Waals surface area (Å²) in [4.78, 5) is 11.2. The van der Waals surface area contributed by atoms with E-state index < -0.39 is 80.5 Å². The monoisotopic (exact) mass is 383 g/mol. The molecule has 2 rings (SSSR count). The summed E-state index contributed by atoms with van der Waals surface area (Å²) in [6, 6.07) is -1.29. The number of aliphatic hydroxyl groups is 7. The van der Waals surface area contributed by atoms with Gasteiger partial charge in [-0.25, -0.2) is 0 Å². The predicted molar refractivity (Wildman–Crippen MR) is 80.2 cm³/mol. The molecule has 0 radical (unpaired) electrons. The fourth-order valence-corrected chi connectivity index (χ4v) is 2.98. The second-order valence-electron chi connectivity index (χ2n) is 6.26. The first kappa shape index (κ1) is 21.4. The first-order valence-electron chi connectivity index (χ1n) is 8.06. The van der Waals surface area contributed by atoms with Crippen molar-refractivity contribution in [3.8, 4) is 0 Å². The molecule has 2 heterocycles. The fraction of sp³-hybridized carbons (Fsp3) is 0.929. The van der Waals surface area contributed by atoms with Gasteiger partial charge in [0.05, 0.1) is 13.2 Å². The molecule has 0 bridgehead atoms. The lowest BCUT2D eigenvalue weighted by Gasteiger charge is -2.46. The van der Waals surface area contributed by atoms with Crippen LogP contribution in [0.2, 0.25) is 0 Å². The van der Waals surface area contributed by atoms with Crippen LogP contribution in [0.1, 0.15) is 6.92 Å². The molecule has 2 aliphatic rings. The van der Waals surface area contributed by atoms with E-state index in [1.54, 1.807) is 0 Å². The van der Waals surface area contributed by atoms with Crippen LogP contribution in [0.4, 0.5) is 0 Å². The van der Waals surface area contributed by atoms with Gasteiger partial charge >= 0.3 is 0 Å². The van der Waals surface area contributed by atoms with E-state index in [0.29, 0.717) is 0 Å². The summed E-state index contributed by atoms with van der Waals surface area (Å²) >= 11 is 0. The largest absolute Gasteiger partial charge is 0.394 e. The lowest BCUT2D eigenvalue weighted by molar-refractivity contribution is -0.345. The Kier molecular flexibility index (Phi) is 7.27. The number of rotatable bonds is 5. The van der Waals surface area contributed by atoms with E-state index in [1.165, 1.54) is 0 Å². The Bertz CT molecular complexity index is 478. The van der Waals surface area contributed by atoms with Gasteiger partial charge in [-0.1, -0.05) is 0 Å². The Balaban J connectivity index is 2.16. The highest BCUT2D eigenvalue weighted by atomic mass is 16.7. The van der Waals surface area contributed by atoms with Crippen molar-refractivity contribution in [2.45, 2.75) is 68.3 Å². The number of amides is 1. The van der Waals surface area contributed by atoms with Crippen LogP contribution < -0.4 is 5.32 Å². The van der Waals surface area contributed by atoms with Gasteiger partial charge in [-0.05, 0) is 0 Å². The maximum absolute atomic E-state index is 11.2. The van der Waals surface area contributed by atoms with Gasteiger partial charge in [-0.3, -0.25) is 4.79 Å². The summed E-state index contributed by atoms with van der Waals surface area (Å²) in [6.45, 7) is -0.195. The average molecular weight is 383 g/mol. The first-order valence-corrected chi connectivity index (χ1v) is 8.06. The zero-order chi connectivity index (χ0) is 19.6. The molecule has 0 saturated carbocycles. The molecule has 0 aromatic heterocycles. The highest BCUT2D eigenvalue weighted by Crippen LogP contribution is 2.28. The Hall–Kier alpha value is -0.930. The van der Waals surface area contributed by atoms with Gasteiger partial charge in [0.1, 0.15) is 48.8 Å². The Morgan fingerprint density at radius 3 is 2.08 bits per heavy atom. The normalized spacial score (nSPS) is 46.8. The third-order valence-electron chi connectivity index (χ3n) is 4.38. The summed E-state index contributed by atoms with van der Waals surface area (Å²) < 4.78 is 15.7. The van der Waals surface area contributed by atoms with Crippen LogP contribution in [0.3, 0.4) is 0 Å². The number of hydrogen-bond donors (Lipinski definition) is 8.